The van der Waals surface area contributed by atoms with Crippen LogP contribution in [0.2, 0.25) is 0 Å². The molecule has 0 saturated carbocycles. The average Bonchev–Trinajstić information content (AvgIpc) is 3.39. The Morgan fingerprint density at radius 3 is 1.44 bits per heavy atom. The number of hydrogen-bond acceptors (Lipinski definition) is 8. The minimum atomic E-state index is 0. The first-order valence-corrected chi connectivity index (χ1v) is 14.2. The first kappa shape index (κ1) is 31.6. The van der Waals surface area contributed by atoms with Crippen LogP contribution in [0, 0.1) is 0 Å². The van der Waals surface area contributed by atoms with Gasteiger partial charge in [-0.2, -0.15) is 11.8 Å². The van der Waals surface area contributed by atoms with Crippen LogP contribution >= 0.6 is 11.8 Å². The van der Waals surface area contributed by atoms with E-state index in [1.54, 1.807) is 48.7 Å². The third kappa shape index (κ3) is 9.59. The monoisotopic (exact) mass is 651 g/mol. The smallest absolute Gasteiger partial charge is 0.507 e. The SMILES string of the molecule is CSC[C@@H]1N=C(c2ccccc2O)OC1C.[Ru+].c1ccc(-c2ccccn2)nc1.c1ccc(-c2ccccn2)nc1. The predicted octanol–water partition coefficient (Wildman–Crippen LogP) is 6.57. The van der Waals surface area contributed by atoms with Gasteiger partial charge in [0.1, 0.15) is 11.9 Å². The van der Waals surface area contributed by atoms with Crippen molar-refractivity contribution in [2.45, 2.75) is 19.1 Å². The van der Waals surface area contributed by atoms with Gasteiger partial charge in [0.2, 0.25) is 5.90 Å². The molecule has 209 valence electrons. The number of rotatable bonds is 5. The zero-order chi connectivity index (χ0) is 28.0. The van der Waals surface area contributed by atoms with Crippen LogP contribution in [0.15, 0.2) is 127 Å². The molecule has 5 heterocycles. The summed E-state index contributed by atoms with van der Waals surface area (Å²) in [7, 11) is 0. The summed E-state index contributed by atoms with van der Waals surface area (Å²) in [5.74, 6) is 1.72. The maximum atomic E-state index is 9.71. The van der Waals surface area contributed by atoms with E-state index in [0.29, 0.717) is 11.5 Å². The van der Waals surface area contributed by atoms with Gasteiger partial charge in [0.15, 0.2) is 0 Å². The summed E-state index contributed by atoms with van der Waals surface area (Å²) in [6, 6.07) is 30.5. The van der Waals surface area contributed by atoms with E-state index in [9.17, 15) is 5.11 Å². The summed E-state index contributed by atoms with van der Waals surface area (Å²) in [6.45, 7) is 2.01. The summed E-state index contributed by atoms with van der Waals surface area (Å²) in [5, 5.41) is 9.71. The Hall–Kier alpha value is -3.94. The summed E-state index contributed by atoms with van der Waals surface area (Å²) < 4.78 is 5.67. The number of phenols is 1. The molecule has 7 nitrogen and oxygen atoms in total. The maximum Gasteiger partial charge on any atom is 1.00 e. The number of hydrogen-bond donors (Lipinski definition) is 1. The summed E-state index contributed by atoms with van der Waals surface area (Å²) in [5.41, 5.74) is 4.34. The van der Waals surface area contributed by atoms with Crippen molar-refractivity contribution in [3.63, 3.8) is 0 Å². The molecule has 0 aliphatic carbocycles. The molecule has 6 rings (SSSR count). The molecular formula is C32H31N5O2RuS+. The number of aromatic hydroxyl groups is 1. The first-order valence-electron chi connectivity index (χ1n) is 12.8. The fourth-order valence-corrected chi connectivity index (χ4v) is 4.42. The number of ether oxygens (including phenoxy) is 1. The molecule has 5 aromatic rings. The Morgan fingerprint density at radius 2 is 1.07 bits per heavy atom. The Bertz CT molecular complexity index is 1310. The molecule has 0 fully saturated rings. The molecule has 0 spiro atoms. The summed E-state index contributed by atoms with van der Waals surface area (Å²) >= 11 is 1.75. The van der Waals surface area contributed by atoms with Gasteiger partial charge in [0.25, 0.3) is 0 Å². The molecule has 9 heteroatoms. The number of thioether (sulfide) groups is 1. The fourth-order valence-electron chi connectivity index (χ4n) is 3.73. The third-order valence-corrected chi connectivity index (χ3v) is 6.45. The largest absolute Gasteiger partial charge is 1.00 e. The predicted molar refractivity (Wildman–Crippen MR) is 162 cm³/mol. The standard InChI is InChI=1S/C12H15NO2S.2C10H8N2.Ru/c1-8-10(7-16-2)13-12(15-8)9-5-3-4-6-11(9)14;2*1-3-7-11-9(5-1)10-6-2-4-8-12-10;/h3-6,8,10,14H,7H2,1-2H3;2*1-8H;/q;;;+1/t8?,10-;;;/m0.../s1. The van der Waals surface area contributed by atoms with E-state index in [1.165, 1.54) is 0 Å². The van der Waals surface area contributed by atoms with Crippen LogP contribution in [0.5, 0.6) is 5.75 Å². The van der Waals surface area contributed by atoms with Crippen molar-refractivity contribution in [2.24, 2.45) is 4.99 Å². The average molecular weight is 651 g/mol. The van der Waals surface area contributed by atoms with Crippen LogP contribution in [0.25, 0.3) is 22.8 Å². The number of phenolic OH excluding ortho intramolecular Hbond substituents is 1. The molecule has 1 aromatic carbocycles. The van der Waals surface area contributed by atoms with Crippen molar-refractivity contribution in [3.8, 4) is 28.5 Å². The van der Waals surface area contributed by atoms with E-state index in [-0.39, 0.29) is 37.4 Å². The van der Waals surface area contributed by atoms with Gasteiger partial charge in [0, 0.05) is 30.5 Å². The minimum absolute atomic E-state index is 0. The zero-order valence-corrected chi connectivity index (χ0v) is 25.3. The molecule has 1 unspecified atom stereocenters. The second-order valence-electron chi connectivity index (χ2n) is 8.66. The molecule has 0 saturated heterocycles. The van der Waals surface area contributed by atoms with E-state index in [4.69, 9.17) is 4.74 Å². The molecule has 4 aromatic heterocycles. The topological polar surface area (TPSA) is 93.4 Å². The second kappa shape index (κ2) is 17.0. The van der Waals surface area contributed by atoms with Crippen molar-refractivity contribution < 1.29 is 29.3 Å². The van der Waals surface area contributed by atoms with Crippen LogP contribution in [-0.4, -0.2) is 55.1 Å². The number of benzene rings is 1. The normalized spacial score (nSPS) is 15.0. The fraction of sp³-hybridized carbons (Fsp3) is 0.156. The Balaban J connectivity index is 0.000000169. The van der Waals surface area contributed by atoms with Gasteiger partial charge in [-0.1, -0.05) is 36.4 Å². The Morgan fingerprint density at radius 1 is 0.659 bits per heavy atom. The van der Waals surface area contributed by atoms with Gasteiger partial charge in [-0.05, 0) is 73.8 Å². The van der Waals surface area contributed by atoms with Crippen molar-refractivity contribution in [3.05, 3.63) is 127 Å². The maximum absolute atomic E-state index is 9.71. The van der Waals surface area contributed by atoms with Crippen molar-refractivity contribution >= 4 is 17.7 Å². The van der Waals surface area contributed by atoms with Crippen LogP contribution in [-0.2, 0) is 24.2 Å². The van der Waals surface area contributed by atoms with Gasteiger partial charge in [-0.25, -0.2) is 4.99 Å². The zero-order valence-electron chi connectivity index (χ0n) is 22.8. The molecule has 2 atom stereocenters. The molecule has 1 radical (unpaired) electrons. The molecule has 41 heavy (non-hydrogen) atoms. The van der Waals surface area contributed by atoms with E-state index < -0.39 is 0 Å². The molecule has 0 amide bonds. The van der Waals surface area contributed by atoms with Crippen molar-refractivity contribution in [1.82, 2.24) is 19.9 Å². The molecule has 1 aliphatic rings. The van der Waals surface area contributed by atoms with Crippen LogP contribution in [0.1, 0.15) is 12.5 Å². The van der Waals surface area contributed by atoms with E-state index in [0.717, 1.165) is 28.5 Å². The molecule has 0 bridgehead atoms. The summed E-state index contributed by atoms with van der Waals surface area (Å²) in [4.78, 5) is 21.2. The Labute approximate surface area is 258 Å². The minimum Gasteiger partial charge on any atom is -0.507 e. The first-order chi connectivity index (χ1) is 19.7. The molecule has 1 N–H and O–H groups in total. The van der Waals surface area contributed by atoms with E-state index in [1.807, 2.05) is 91.9 Å². The molecule has 1 aliphatic heterocycles. The van der Waals surface area contributed by atoms with Gasteiger partial charge in [-0.15, -0.1) is 0 Å². The number of aliphatic imine (C=N–C) groups is 1. The van der Waals surface area contributed by atoms with Crippen molar-refractivity contribution in [1.29, 1.82) is 0 Å². The number of aromatic nitrogens is 4. The number of pyridine rings is 4. The summed E-state index contributed by atoms with van der Waals surface area (Å²) in [6.07, 6.45) is 9.21. The van der Waals surface area contributed by atoms with E-state index >= 15 is 0 Å². The quantitative estimate of drug-likeness (QED) is 0.215. The number of para-hydroxylation sites is 1. The second-order valence-corrected chi connectivity index (χ2v) is 9.57. The van der Waals surface area contributed by atoms with Gasteiger partial charge in [0.05, 0.1) is 34.4 Å². The van der Waals surface area contributed by atoms with E-state index in [2.05, 4.69) is 31.2 Å². The van der Waals surface area contributed by atoms with Crippen molar-refractivity contribution in [2.75, 3.05) is 12.0 Å². The Kier molecular flexibility index (Phi) is 13.1. The number of nitrogens with zero attached hydrogens (tertiary/aromatic N) is 5. The van der Waals surface area contributed by atoms with Gasteiger partial charge >= 0.3 is 19.5 Å². The van der Waals surface area contributed by atoms with Crippen LogP contribution in [0.4, 0.5) is 0 Å². The van der Waals surface area contributed by atoms with Crippen LogP contribution < -0.4 is 0 Å². The van der Waals surface area contributed by atoms with Crippen LogP contribution in [0.3, 0.4) is 0 Å². The van der Waals surface area contributed by atoms with Gasteiger partial charge in [-0.3, -0.25) is 19.9 Å². The third-order valence-electron chi connectivity index (χ3n) is 5.78. The van der Waals surface area contributed by atoms with Gasteiger partial charge < -0.3 is 9.84 Å². The molecular weight excluding hydrogens is 620 g/mol.